The van der Waals surface area contributed by atoms with E-state index in [4.69, 9.17) is 14.3 Å². The molecule has 0 spiro atoms. The molecule has 1 N–H and O–H groups in total. The summed E-state index contributed by atoms with van der Waals surface area (Å²) in [5.41, 5.74) is 2.90. The highest BCUT2D eigenvalue weighted by Crippen LogP contribution is 2.41. The Morgan fingerprint density at radius 2 is 1.83 bits per heavy atom. The number of aromatic nitrogens is 2. The first-order valence-electron chi connectivity index (χ1n) is 9.56. The molecule has 0 fully saturated rings. The van der Waals surface area contributed by atoms with Gasteiger partial charge in [-0.25, -0.2) is 9.48 Å². The fourth-order valence-corrected chi connectivity index (χ4v) is 4.10. The second kappa shape index (κ2) is 6.91. The number of carbonyl (C=O) groups excluding carboxylic acids is 1. The minimum Gasteiger partial charge on any atom is -0.454 e. The molecule has 2 unspecified atom stereocenters. The number of aromatic amines is 1. The van der Waals surface area contributed by atoms with E-state index < -0.39 is 17.8 Å². The number of hydrogen-bond donors (Lipinski definition) is 1. The predicted octanol–water partition coefficient (Wildman–Crippen LogP) is 2.88. The van der Waals surface area contributed by atoms with Gasteiger partial charge in [0.15, 0.2) is 11.5 Å². The van der Waals surface area contributed by atoms with Crippen LogP contribution >= 0.6 is 0 Å². The fourth-order valence-electron chi connectivity index (χ4n) is 4.10. The smallest absolute Gasteiger partial charge is 0.344 e. The van der Waals surface area contributed by atoms with Gasteiger partial charge in [-0.15, -0.1) is 0 Å². The first kappa shape index (κ1) is 18.2. The average molecular weight is 405 g/mol. The summed E-state index contributed by atoms with van der Waals surface area (Å²) in [7, 11) is 0. The molecular weight excluding hydrogens is 386 g/mol. The van der Waals surface area contributed by atoms with Crippen LogP contribution in [0.25, 0.3) is 5.69 Å². The normalized spacial score (nSPS) is 18.3. The van der Waals surface area contributed by atoms with E-state index in [0.717, 1.165) is 5.56 Å². The van der Waals surface area contributed by atoms with Gasteiger partial charge in [0.2, 0.25) is 6.79 Å². The van der Waals surface area contributed by atoms with Crippen molar-refractivity contribution in [2.75, 3.05) is 6.79 Å². The quantitative estimate of drug-likeness (QED) is 0.674. The number of nitrogens with one attached hydrogen (secondary N) is 1. The van der Waals surface area contributed by atoms with Crippen molar-refractivity contribution in [3.8, 4) is 17.2 Å². The lowest BCUT2D eigenvalue weighted by Gasteiger charge is -2.21. The van der Waals surface area contributed by atoms with E-state index in [9.17, 15) is 9.59 Å². The van der Waals surface area contributed by atoms with Gasteiger partial charge in [0, 0.05) is 17.2 Å². The topological polar surface area (TPSA) is 94.9 Å². The largest absolute Gasteiger partial charge is 0.454 e. The maximum absolute atomic E-state index is 13.5. The number of H-pyrrole nitrogens is 1. The zero-order valence-electron chi connectivity index (χ0n) is 16.4. The monoisotopic (exact) mass is 405 g/mol. The van der Waals surface area contributed by atoms with Gasteiger partial charge < -0.3 is 14.3 Å². The van der Waals surface area contributed by atoms with Gasteiger partial charge in [0.05, 0.1) is 11.4 Å². The lowest BCUT2D eigenvalue weighted by Crippen LogP contribution is -2.30. The number of ether oxygens (including phenoxy) is 2. The first-order chi connectivity index (χ1) is 14.5. The van der Waals surface area contributed by atoms with E-state index in [1.54, 1.807) is 13.0 Å². The second-order valence-electron chi connectivity index (χ2n) is 7.34. The lowest BCUT2D eigenvalue weighted by molar-refractivity contribution is -0.143. The zero-order valence-corrected chi connectivity index (χ0v) is 16.4. The Bertz CT molecular complexity index is 1230. The van der Waals surface area contributed by atoms with Crippen LogP contribution in [-0.2, 0) is 9.63 Å². The summed E-state index contributed by atoms with van der Waals surface area (Å²) in [5, 5.41) is 7.00. The maximum Gasteiger partial charge on any atom is 0.344 e. The molecule has 2 aromatic carbocycles. The van der Waals surface area contributed by atoms with Crippen molar-refractivity contribution < 1.29 is 19.1 Å². The van der Waals surface area contributed by atoms with E-state index in [2.05, 4.69) is 10.3 Å². The molecule has 8 heteroatoms. The van der Waals surface area contributed by atoms with Crippen molar-refractivity contribution in [3.05, 3.63) is 75.7 Å². The Hall–Kier alpha value is -3.81. The molecule has 0 radical (unpaired) electrons. The van der Waals surface area contributed by atoms with Crippen molar-refractivity contribution in [1.82, 2.24) is 9.78 Å². The van der Waals surface area contributed by atoms with Crippen molar-refractivity contribution in [2.24, 2.45) is 11.1 Å². The Morgan fingerprint density at radius 3 is 2.57 bits per heavy atom. The number of oxime groups is 1. The second-order valence-corrected chi connectivity index (χ2v) is 7.34. The van der Waals surface area contributed by atoms with Gasteiger partial charge >= 0.3 is 5.97 Å². The molecule has 0 amide bonds. The number of fused-ring (bicyclic) bond motifs is 1. The highest BCUT2D eigenvalue weighted by molar-refractivity contribution is 6.05. The summed E-state index contributed by atoms with van der Waals surface area (Å²) in [5.74, 6) is -0.579. The number of rotatable bonds is 4. The molecular formula is C22H19N3O5. The molecule has 0 aliphatic carbocycles. The zero-order chi connectivity index (χ0) is 20.8. The third-order valence-corrected chi connectivity index (χ3v) is 5.52. The average Bonchev–Trinajstić information content (AvgIpc) is 3.43. The first-order valence-corrected chi connectivity index (χ1v) is 9.56. The molecule has 5 rings (SSSR count). The predicted molar refractivity (Wildman–Crippen MR) is 108 cm³/mol. The van der Waals surface area contributed by atoms with Gasteiger partial charge in [0.1, 0.15) is 5.92 Å². The minimum absolute atomic E-state index is 0.138. The van der Waals surface area contributed by atoms with Gasteiger partial charge in [-0.3, -0.25) is 9.89 Å². The Balaban J connectivity index is 1.70. The summed E-state index contributed by atoms with van der Waals surface area (Å²) < 4.78 is 12.4. The molecule has 8 nitrogen and oxygen atoms in total. The maximum atomic E-state index is 13.5. The standard InChI is InChI=1S/C22H19N3O5/c1-12-18(21(26)25(23-12)15-6-4-3-5-7-15)20(19-13(2)24-30-22(19)27)14-8-9-16-17(10-14)29-11-28-16/h3-10,19-20,23H,11H2,1-2H3. The van der Waals surface area contributed by atoms with Crippen molar-refractivity contribution in [3.63, 3.8) is 0 Å². The number of carbonyl (C=O) groups is 1. The highest BCUT2D eigenvalue weighted by Gasteiger charge is 2.42. The fraction of sp³-hybridized carbons (Fsp3) is 0.227. The lowest BCUT2D eigenvalue weighted by atomic mass is 9.78. The SMILES string of the molecule is CC1=NOC(=O)C1C(c1ccc2c(c1)OCO2)c1c(C)[nH]n(-c2ccccc2)c1=O. The number of nitrogens with zero attached hydrogens (tertiary/aromatic N) is 2. The molecule has 3 heterocycles. The van der Waals surface area contributed by atoms with Gasteiger partial charge in [-0.05, 0) is 43.7 Å². The van der Waals surface area contributed by atoms with Crippen LogP contribution in [0.4, 0.5) is 0 Å². The summed E-state index contributed by atoms with van der Waals surface area (Å²) in [6, 6.07) is 14.7. The number of benzene rings is 2. The molecule has 0 saturated carbocycles. The van der Waals surface area contributed by atoms with E-state index in [0.29, 0.717) is 34.2 Å². The van der Waals surface area contributed by atoms with Crippen molar-refractivity contribution in [2.45, 2.75) is 19.8 Å². The van der Waals surface area contributed by atoms with Crippen LogP contribution in [0.2, 0.25) is 0 Å². The molecule has 1 aromatic heterocycles. The minimum atomic E-state index is -0.711. The number of aryl methyl sites for hydroxylation is 1. The molecule has 2 atom stereocenters. The van der Waals surface area contributed by atoms with E-state index in [1.807, 2.05) is 49.4 Å². The van der Waals surface area contributed by atoms with Crippen molar-refractivity contribution >= 4 is 11.7 Å². The molecule has 0 saturated heterocycles. The Morgan fingerprint density at radius 1 is 1.07 bits per heavy atom. The third-order valence-electron chi connectivity index (χ3n) is 5.52. The van der Waals surface area contributed by atoms with Crippen LogP contribution in [0.1, 0.15) is 29.7 Å². The molecule has 30 heavy (non-hydrogen) atoms. The van der Waals surface area contributed by atoms with Gasteiger partial charge in [0.25, 0.3) is 5.56 Å². The Kier molecular flexibility index (Phi) is 4.20. The Labute approximate surface area is 171 Å². The molecule has 3 aromatic rings. The molecule has 2 aliphatic heterocycles. The van der Waals surface area contributed by atoms with Crippen LogP contribution in [0.3, 0.4) is 0 Å². The van der Waals surface area contributed by atoms with E-state index in [1.165, 1.54) is 4.68 Å². The number of para-hydroxylation sites is 1. The van der Waals surface area contributed by atoms with Gasteiger partial charge in [-0.2, -0.15) is 0 Å². The van der Waals surface area contributed by atoms with Crippen LogP contribution in [0.5, 0.6) is 11.5 Å². The summed E-state index contributed by atoms with van der Waals surface area (Å²) in [6.07, 6.45) is 0. The van der Waals surface area contributed by atoms with Crippen LogP contribution in [0, 0.1) is 12.8 Å². The molecule has 0 bridgehead atoms. The summed E-state index contributed by atoms with van der Waals surface area (Å²) in [4.78, 5) is 31.0. The molecule has 152 valence electrons. The van der Waals surface area contributed by atoms with Crippen LogP contribution in [0.15, 0.2) is 58.5 Å². The molecule has 2 aliphatic rings. The summed E-state index contributed by atoms with van der Waals surface area (Å²) in [6.45, 7) is 3.69. The van der Waals surface area contributed by atoms with Crippen LogP contribution < -0.4 is 15.0 Å². The van der Waals surface area contributed by atoms with E-state index >= 15 is 0 Å². The van der Waals surface area contributed by atoms with E-state index in [-0.39, 0.29) is 12.4 Å². The highest BCUT2D eigenvalue weighted by atomic mass is 16.7. The van der Waals surface area contributed by atoms with Crippen LogP contribution in [-0.4, -0.2) is 28.3 Å². The van der Waals surface area contributed by atoms with Crippen molar-refractivity contribution in [1.29, 1.82) is 0 Å². The van der Waals surface area contributed by atoms with Gasteiger partial charge in [-0.1, -0.05) is 29.4 Å². The number of hydrogen-bond acceptors (Lipinski definition) is 6. The third kappa shape index (κ3) is 2.80. The summed E-state index contributed by atoms with van der Waals surface area (Å²) >= 11 is 0.